The third-order valence-corrected chi connectivity index (χ3v) is 5.60. The summed E-state index contributed by atoms with van der Waals surface area (Å²) in [5.74, 6) is -6.03. The van der Waals surface area contributed by atoms with Crippen molar-refractivity contribution in [1.29, 1.82) is 0 Å². The van der Waals surface area contributed by atoms with Crippen LogP contribution in [0, 0.1) is 0 Å². The number of carbonyl (C=O) groups excluding carboxylic acids is 2. The van der Waals surface area contributed by atoms with Crippen molar-refractivity contribution < 1.29 is 31.5 Å². The number of fused-ring (bicyclic) bond motifs is 3. The summed E-state index contributed by atoms with van der Waals surface area (Å²) >= 11 is 11.8. The van der Waals surface area contributed by atoms with E-state index in [-0.39, 0.29) is 27.6 Å². The lowest BCUT2D eigenvalue weighted by Gasteiger charge is -2.38. The van der Waals surface area contributed by atoms with Crippen LogP contribution < -0.4 is 10.6 Å². The van der Waals surface area contributed by atoms with Gasteiger partial charge in [-0.2, -0.15) is 13.2 Å². The molecule has 2 amide bonds. The fraction of sp³-hybridized carbons (Fsp3) is 0.438. The minimum absolute atomic E-state index is 0.0186. The molecule has 3 heterocycles. The number of aromatic nitrogens is 2. The smallest absolute Gasteiger partial charge is 0.317 e. The summed E-state index contributed by atoms with van der Waals surface area (Å²) in [6.07, 6.45) is -5.78. The Bertz CT molecular complexity index is 1060. The number of halogens is 7. The SMILES string of the molecule is O=C(CCN1CC(F)(F)C1)NC1(C(F)(F)F)C(=O)Nc2nc3cc(Cl)c(Cl)cc3n21. The first kappa shape index (κ1) is 21.1. The van der Waals surface area contributed by atoms with E-state index in [0.29, 0.717) is 4.57 Å². The number of amides is 2. The lowest BCUT2D eigenvalue weighted by Crippen LogP contribution is -2.64. The molecule has 1 fully saturated rings. The monoisotopic (exact) mass is 471 g/mol. The zero-order chi connectivity index (χ0) is 22.1. The first-order valence-corrected chi connectivity index (χ1v) is 9.27. The van der Waals surface area contributed by atoms with E-state index in [1.165, 1.54) is 11.0 Å². The van der Waals surface area contributed by atoms with Crippen LogP contribution in [-0.4, -0.2) is 58.0 Å². The molecule has 1 aromatic carbocycles. The van der Waals surface area contributed by atoms with Crippen LogP contribution in [0.3, 0.4) is 0 Å². The minimum atomic E-state index is -5.26. The van der Waals surface area contributed by atoms with Crippen LogP contribution in [0.2, 0.25) is 10.0 Å². The second-order valence-electron chi connectivity index (χ2n) is 7.05. The van der Waals surface area contributed by atoms with E-state index in [4.69, 9.17) is 23.2 Å². The lowest BCUT2D eigenvalue weighted by atomic mass is 10.1. The molecular formula is C16H12Cl2F5N5O2. The summed E-state index contributed by atoms with van der Waals surface area (Å²) in [5.41, 5.74) is -3.65. The molecule has 0 saturated carbocycles. The van der Waals surface area contributed by atoms with Crippen molar-refractivity contribution in [3.05, 3.63) is 22.2 Å². The van der Waals surface area contributed by atoms with Crippen molar-refractivity contribution in [3.63, 3.8) is 0 Å². The number of likely N-dealkylation sites (tertiary alicyclic amines) is 1. The Morgan fingerprint density at radius 1 is 1.23 bits per heavy atom. The van der Waals surface area contributed by atoms with E-state index in [1.54, 1.807) is 5.32 Å². The topological polar surface area (TPSA) is 79.3 Å². The standard InChI is InChI=1S/C16H12Cl2F5N5O2/c17-7-3-9-10(4-8(7)18)28-13(24-9)25-12(30)15(28,16(21,22)23)26-11(29)1-2-27-5-14(19,20)6-27/h3-4H,1-2,5-6H2,(H,26,29)(H,24,25,30). The maximum absolute atomic E-state index is 14.2. The highest BCUT2D eigenvalue weighted by atomic mass is 35.5. The van der Waals surface area contributed by atoms with Crippen molar-refractivity contribution in [2.75, 3.05) is 25.0 Å². The van der Waals surface area contributed by atoms with Crippen LogP contribution in [0.25, 0.3) is 11.0 Å². The molecule has 1 saturated heterocycles. The fourth-order valence-corrected chi connectivity index (χ4v) is 3.83. The Kier molecular flexibility index (Phi) is 4.68. The van der Waals surface area contributed by atoms with E-state index in [9.17, 15) is 31.5 Å². The van der Waals surface area contributed by atoms with Gasteiger partial charge in [0.05, 0.1) is 34.2 Å². The van der Waals surface area contributed by atoms with E-state index in [2.05, 4.69) is 4.98 Å². The molecule has 0 aliphatic carbocycles. The van der Waals surface area contributed by atoms with Gasteiger partial charge in [-0.15, -0.1) is 0 Å². The molecule has 2 aliphatic rings. The van der Waals surface area contributed by atoms with Crippen LogP contribution in [-0.2, 0) is 15.3 Å². The molecule has 2 N–H and O–H groups in total. The van der Waals surface area contributed by atoms with Crippen molar-refractivity contribution in [2.24, 2.45) is 0 Å². The average molecular weight is 472 g/mol. The molecule has 7 nitrogen and oxygen atoms in total. The van der Waals surface area contributed by atoms with Gasteiger partial charge in [0.25, 0.3) is 17.5 Å². The molecular weight excluding hydrogens is 460 g/mol. The minimum Gasteiger partial charge on any atom is -0.317 e. The van der Waals surface area contributed by atoms with E-state index in [1.807, 2.05) is 5.32 Å². The number of nitrogens with zero attached hydrogens (tertiary/aromatic N) is 3. The van der Waals surface area contributed by atoms with Crippen LogP contribution in [0.1, 0.15) is 6.42 Å². The van der Waals surface area contributed by atoms with Crippen molar-refractivity contribution in [3.8, 4) is 0 Å². The summed E-state index contributed by atoms with van der Waals surface area (Å²) in [6, 6.07) is 2.33. The Labute approximate surface area is 175 Å². The van der Waals surface area contributed by atoms with E-state index < -0.39 is 55.0 Å². The van der Waals surface area contributed by atoms with E-state index >= 15 is 0 Å². The highest BCUT2D eigenvalue weighted by Gasteiger charge is 2.67. The van der Waals surface area contributed by atoms with Gasteiger partial charge >= 0.3 is 6.18 Å². The number of imidazole rings is 1. The average Bonchev–Trinajstić information content (AvgIpc) is 3.05. The summed E-state index contributed by atoms with van der Waals surface area (Å²) in [7, 11) is 0. The zero-order valence-electron chi connectivity index (χ0n) is 14.8. The molecule has 14 heteroatoms. The number of benzene rings is 1. The van der Waals surface area contributed by atoms with E-state index in [0.717, 1.165) is 6.07 Å². The van der Waals surface area contributed by atoms with Crippen LogP contribution in [0.5, 0.6) is 0 Å². The van der Waals surface area contributed by atoms with Gasteiger partial charge in [0, 0.05) is 13.0 Å². The van der Waals surface area contributed by atoms with Gasteiger partial charge < -0.3 is 5.32 Å². The van der Waals surface area contributed by atoms with Crippen molar-refractivity contribution in [1.82, 2.24) is 19.8 Å². The lowest BCUT2D eigenvalue weighted by molar-refractivity contribution is -0.217. The summed E-state index contributed by atoms with van der Waals surface area (Å²) in [5, 5.41) is 3.71. The quantitative estimate of drug-likeness (QED) is 0.672. The number of anilines is 1. The molecule has 1 aromatic heterocycles. The third kappa shape index (κ3) is 3.17. The fourth-order valence-electron chi connectivity index (χ4n) is 3.52. The third-order valence-electron chi connectivity index (χ3n) is 4.88. The summed E-state index contributed by atoms with van der Waals surface area (Å²) in [4.78, 5) is 29.8. The van der Waals surface area contributed by atoms with Gasteiger partial charge in [-0.3, -0.25) is 24.4 Å². The van der Waals surface area contributed by atoms with Gasteiger partial charge in [-0.1, -0.05) is 23.2 Å². The second-order valence-corrected chi connectivity index (χ2v) is 7.87. The van der Waals surface area contributed by atoms with Gasteiger partial charge in [0.1, 0.15) is 0 Å². The maximum Gasteiger partial charge on any atom is 0.440 e. The molecule has 1 unspecified atom stereocenters. The Balaban J connectivity index is 1.69. The Morgan fingerprint density at radius 3 is 2.47 bits per heavy atom. The normalized spacial score (nSPS) is 23.2. The Hall–Kier alpha value is -2.18. The maximum atomic E-state index is 14.2. The summed E-state index contributed by atoms with van der Waals surface area (Å²) < 4.78 is 68.8. The van der Waals surface area contributed by atoms with Gasteiger partial charge in [-0.25, -0.2) is 13.8 Å². The number of hydrogen-bond acceptors (Lipinski definition) is 4. The molecule has 2 aliphatic heterocycles. The number of rotatable bonds is 4. The summed E-state index contributed by atoms with van der Waals surface area (Å²) in [6.45, 7) is -1.35. The second kappa shape index (κ2) is 6.66. The molecule has 162 valence electrons. The highest BCUT2D eigenvalue weighted by molar-refractivity contribution is 6.42. The van der Waals surface area contributed by atoms with Crippen molar-refractivity contribution >= 4 is 52.0 Å². The zero-order valence-corrected chi connectivity index (χ0v) is 16.3. The first-order chi connectivity index (χ1) is 13.8. The molecule has 0 spiro atoms. The Morgan fingerprint density at radius 2 is 1.87 bits per heavy atom. The van der Waals surface area contributed by atoms with Crippen LogP contribution in [0.15, 0.2) is 12.1 Å². The number of nitrogens with one attached hydrogen (secondary N) is 2. The molecule has 0 radical (unpaired) electrons. The molecule has 0 bridgehead atoms. The first-order valence-electron chi connectivity index (χ1n) is 8.51. The molecule has 4 rings (SSSR count). The van der Waals surface area contributed by atoms with Crippen LogP contribution >= 0.6 is 23.2 Å². The molecule has 30 heavy (non-hydrogen) atoms. The van der Waals surface area contributed by atoms with Crippen molar-refractivity contribution in [2.45, 2.75) is 24.2 Å². The number of hydrogen-bond donors (Lipinski definition) is 2. The van der Waals surface area contributed by atoms with Crippen LogP contribution in [0.4, 0.5) is 27.9 Å². The number of alkyl halides is 5. The molecule has 1 atom stereocenters. The predicted molar refractivity (Wildman–Crippen MR) is 96.6 cm³/mol. The highest BCUT2D eigenvalue weighted by Crippen LogP contribution is 2.45. The van der Waals surface area contributed by atoms with Gasteiger partial charge in [-0.05, 0) is 12.1 Å². The largest absolute Gasteiger partial charge is 0.440 e. The molecule has 2 aromatic rings. The predicted octanol–water partition coefficient (Wildman–Crippen LogP) is 2.97. The number of carbonyl (C=O) groups is 2. The van der Waals surface area contributed by atoms with Gasteiger partial charge in [0.2, 0.25) is 11.9 Å². The van der Waals surface area contributed by atoms with Gasteiger partial charge in [0.15, 0.2) is 0 Å².